The summed E-state index contributed by atoms with van der Waals surface area (Å²) < 4.78 is 13.2. The lowest BCUT2D eigenvalue weighted by atomic mass is 10.2. The fourth-order valence-electron chi connectivity index (χ4n) is 3.51. The Morgan fingerprint density at radius 1 is 1.48 bits per heavy atom. The molecule has 3 heterocycles. The molecule has 2 atom stereocenters. The van der Waals surface area contributed by atoms with E-state index in [1.165, 1.54) is 19.4 Å². The van der Waals surface area contributed by atoms with Gasteiger partial charge in [-0.3, -0.25) is 4.90 Å². The van der Waals surface area contributed by atoms with E-state index in [4.69, 9.17) is 9.47 Å². The number of hydrogen-bond acceptors (Lipinski definition) is 5. The number of nitrogens with zero attached hydrogens (tertiary/aromatic N) is 3. The minimum Gasteiger partial charge on any atom is -0.481 e. The molecule has 2 aliphatic heterocycles. The Hall–Kier alpha value is -1.11. The summed E-state index contributed by atoms with van der Waals surface area (Å²) in [6, 6.07) is 0.668. The van der Waals surface area contributed by atoms with Crippen molar-refractivity contribution in [1.29, 1.82) is 0 Å². The van der Waals surface area contributed by atoms with Gasteiger partial charge >= 0.3 is 0 Å². The van der Waals surface area contributed by atoms with Crippen LogP contribution in [0.3, 0.4) is 0 Å². The predicted octanol–water partition coefficient (Wildman–Crippen LogP) is 0.690. The van der Waals surface area contributed by atoms with Crippen LogP contribution in [0.5, 0.6) is 5.88 Å². The summed E-state index contributed by atoms with van der Waals surface area (Å²) in [6.45, 7) is 6.85. The average molecular weight is 294 g/mol. The molecule has 0 radical (unpaired) electrons. The highest BCUT2D eigenvalue weighted by atomic mass is 16.5. The van der Waals surface area contributed by atoms with E-state index in [0.29, 0.717) is 12.1 Å². The molecule has 6 nitrogen and oxygen atoms in total. The minimum absolute atomic E-state index is 0.294. The first kappa shape index (κ1) is 14.8. The molecule has 0 spiro atoms. The molecule has 1 aromatic heterocycles. The van der Waals surface area contributed by atoms with Crippen LogP contribution in [0.1, 0.15) is 24.1 Å². The van der Waals surface area contributed by atoms with Crippen molar-refractivity contribution < 1.29 is 9.47 Å². The van der Waals surface area contributed by atoms with Crippen molar-refractivity contribution in [3.63, 3.8) is 0 Å². The number of hydrogen-bond donors (Lipinski definition) is 1. The molecule has 0 aliphatic carbocycles. The van der Waals surface area contributed by atoms with Gasteiger partial charge in [0.05, 0.1) is 31.1 Å². The summed E-state index contributed by atoms with van der Waals surface area (Å²) in [6.07, 6.45) is 2.91. The zero-order valence-corrected chi connectivity index (χ0v) is 13.3. The summed E-state index contributed by atoms with van der Waals surface area (Å²) in [7, 11) is 3.60. The maximum atomic E-state index is 5.97. The molecule has 2 fully saturated rings. The second kappa shape index (κ2) is 6.34. The number of rotatable bonds is 5. The van der Waals surface area contributed by atoms with Crippen molar-refractivity contribution in [3.8, 4) is 5.88 Å². The molecular formula is C15H26N4O2. The van der Waals surface area contributed by atoms with Crippen molar-refractivity contribution in [2.24, 2.45) is 7.05 Å². The van der Waals surface area contributed by atoms with Crippen LogP contribution in [-0.2, 0) is 18.3 Å². The molecule has 6 heteroatoms. The molecule has 21 heavy (non-hydrogen) atoms. The first-order valence-electron chi connectivity index (χ1n) is 7.82. The van der Waals surface area contributed by atoms with E-state index >= 15 is 0 Å². The zero-order valence-electron chi connectivity index (χ0n) is 13.3. The molecule has 118 valence electrons. The second-order valence-corrected chi connectivity index (χ2v) is 6.07. The Kier molecular flexibility index (Phi) is 4.47. The Labute approximate surface area is 126 Å². The maximum absolute atomic E-state index is 5.97. The molecule has 1 N–H and O–H groups in total. The van der Waals surface area contributed by atoms with Crippen molar-refractivity contribution in [3.05, 3.63) is 11.3 Å². The highest BCUT2D eigenvalue weighted by Gasteiger charge is 2.31. The Balaban J connectivity index is 1.50. The third-order valence-electron chi connectivity index (χ3n) is 4.62. The fraction of sp³-hybridized carbons (Fsp3) is 0.800. The second-order valence-electron chi connectivity index (χ2n) is 6.07. The lowest BCUT2D eigenvalue weighted by molar-refractivity contribution is -0.0470. The van der Waals surface area contributed by atoms with Crippen molar-refractivity contribution >= 4 is 0 Å². The minimum atomic E-state index is 0.294. The number of nitrogens with one attached hydrogen (secondary N) is 1. The lowest BCUT2D eigenvalue weighted by Crippen LogP contribution is -2.49. The average Bonchev–Trinajstić information content (AvgIpc) is 3.03. The molecule has 0 saturated carbocycles. The quantitative estimate of drug-likeness (QED) is 0.866. The molecule has 0 amide bonds. The van der Waals surface area contributed by atoms with Gasteiger partial charge in [0.2, 0.25) is 5.88 Å². The van der Waals surface area contributed by atoms with Crippen LogP contribution < -0.4 is 10.1 Å². The van der Waals surface area contributed by atoms with Crippen molar-refractivity contribution in [1.82, 2.24) is 20.0 Å². The smallest absolute Gasteiger partial charge is 0.216 e. The Morgan fingerprint density at radius 2 is 2.33 bits per heavy atom. The standard InChI is InChI=1S/C15H26N4O2/c1-11-14(15(20-3)18(2)17-11)8-16-7-13-9-19-6-4-5-12(19)10-21-13/h12-13,16H,4-10H2,1-3H3. The van der Waals surface area contributed by atoms with Gasteiger partial charge in [-0.05, 0) is 26.3 Å². The van der Waals surface area contributed by atoms with Crippen LogP contribution in [0.25, 0.3) is 0 Å². The van der Waals surface area contributed by atoms with Gasteiger partial charge in [-0.25, -0.2) is 4.68 Å². The van der Waals surface area contributed by atoms with Gasteiger partial charge in [0.15, 0.2) is 0 Å². The summed E-state index contributed by atoms with van der Waals surface area (Å²) in [4.78, 5) is 2.58. The van der Waals surface area contributed by atoms with Gasteiger partial charge in [-0.1, -0.05) is 0 Å². The highest BCUT2D eigenvalue weighted by molar-refractivity contribution is 5.30. The lowest BCUT2D eigenvalue weighted by Gasteiger charge is -2.35. The van der Waals surface area contributed by atoms with Crippen LogP contribution in [0.4, 0.5) is 0 Å². The topological polar surface area (TPSA) is 51.6 Å². The first-order chi connectivity index (χ1) is 10.2. The third kappa shape index (κ3) is 3.07. The highest BCUT2D eigenvalue weighted by Crippen LogP contribution is 2.23. The Morgan fingerprint density at radius 3 is 3.14 bits per heavy atom. The van der Waals surface area contributed by atoms with Gasteiger partial charge in [-0.15, -0.1) is 0 Å². The normalized spacial score (nSPS) is 26.0. The summed E-state index contributed by atoms with van der Waals surface area (Å²) in [5.41, 5.74) is 2.15. The van der Waals surface area contributed by atoms with Crippen LogP contribution in [0, 0.1) is 6.92 Å². The van der Waals surface area contributed by atoms with E-state index in [2.05, 4.69) is 15.3 Å². The Bertz CT molecular complexity index is 488. The largest absolute Gasteiger partial charge is 0.481 e. The van der Waals surface area contributed by atoms with Crippen LogP contribution >= 0.6 is 0 Å². The maximum Gasteiger partial charge on any atom is 0.216 e. The van der Waals surface area contributed by atoms with E-state index in [0.717, 1.165) is 43.4 Å². The summed E-state index contributed by atoms with van der Waals surface area (Å²) >= 11 is 0. The molecule has 2 aliphatic rings. The van der Waals surface area contributed by atoms with Crippen LogP contribution in [-0.4, -0.2) is 60.2 Å². The number of morpholine rings is 1. The van der Waals surface area contributed by atoms with Crippen molar-refractivity contribution in [2.75, 3.05) is 33.4 Å². The number of methoxy groups -OCH3 is 1. The number of aryl methyl sites for hydroxylation is 2. The molecule has 2 saturated heterocycles. The van der Waals surface area contributed by atoms with E-state index < -0.39 is 0 Å². The van der Waals surface area contributed by atoms with E-state index in [1.54, 1.807) is 11.8 Å². The van der Waals surface area contributed by atoms with Crippen LogP contribution in [0.15, 0.2) is 0 Å². The molecule has 2 unspecified atom stereocenters. The number of aromatic nitrogens is 2. The van der Waals surface area contributed by atoms with Gasteiger partial charge in [0.1, 0.15) is 0 Å². The summed E-state index contributed by atoms with van der Waals surface area (Å²) in [5, 5.41) is 7.90. The third-order valence-corrected chi connectivity index (χ3v) is 4.62. The molecule has 3 rings (SSSR count). The van der Waals surface area contributed by atoms with Gasteiger partial charge in [-0.2, -0.15) is 5.10 Å². The van der Waals surface area contributed by atoms with Gasteiger partial charge < -0.3 is 14.8 Å². The van der Waals surface area contributed by atoms with Gasteiger partial charge in [0.25, 0.3) is 0 Å². The molecule has 0 bridgehead atoms. The zero-order chi connectivity index (χ0) is 14.8. The fourth-order valence-corrected chi connectivity index (χ4v) is 3.51. The monoisotopic (exact) mass is 294 g/mol. The van der Waals surface area contributed by atoms with Crippen LogP contribution in [0.2, 0.25) is 0 Å². The molecular weight excluding hydrogens is 268 g/mol. The van der Waals surface area contributed by atoms with Crippen molar-refractivity contribution in [2.45, 2.75) is 38.5 Å². The molecule has 0 aromatic carbocycles. The first-order valence-corrected chi connectivity index (χ1v) is 7.82. The van der Waals surface area contributed by atoms with E-state index in [-0.39, 0.29) is 0 Å². The van der Waals surface area contributed by atoms with E-state index in [1.807, 2.05) is 14.0 Å². The number of ether oxygens (including phenoxy) is 2. The number of fused-ring (bicyclic) bond motifs is 1. The predicted molar refractivity (Wildman–Crippen MR) is 80.5 cm³/mol. The van der Waals surface area contributed by atoms with Gasteiger partial charge in [0, 0.05) is 32.7 Å². The molecule has 1 aromatic rings. The summed E-state index contributed by atoms with van der Waals surface area (Å²) in [5.74, 6) is 0.837. The van der Waals surface area contributed by atoms with E-state index in [9.17, 15) is 0 Å². The SMILES string of the molecule is COc1c(CNCC2CN3CCCC3CO2)c(C)nn1C.